The fourth-order valence-electron chi connectivity index (χ4n) is 10.0. The second-order valence-electron chi connectivity index (χ2n) is 16.7. The molecule has 290 valence electrons. The van der Waals surface area contributed by atoms with Crippen molar-refractivity contribution in [3.63, 3.8) is 0 Å². The number of nitrogens with one attached hydrogen (secondary N) is 1. The zero-order valence-electron chi connectivity index (χ0n) is 31.3. The van der Waals surface area contributed by atoms with Gasteiger partial charge in [-0.25, -0.2) is 13.2 Å². The number of sulfone groups is 1. The van der Waals surface area contributed by atoms with Crippen LogP contribution in [0.2, 0.25) is 5.02 Å². The molecule has 2 N–H and O–H groups in total. The Labute approximate surface area is 323 Å². The molecule has 0 amide bonds. The van der Waals surface area contributed by atoms with Crippen LogP contribution < -0.4 is 19.5 Å². The quantitative estimate of drug-likeness (QED) is 0.221. The van der Waals surface area contributed by atoms with Gasteiger partial charge >= 0.3 is 5.97 Å². The van der Waals surface area contributed by atoms with E-state index in [0.29, 0.717) is 75.2 Å². The average molecular weight is 778 g/mol. The number of pyridine rings is 1. The van der Waals surface area contributed by atoms with Crippen LogP contribution in [0.5, 0.6) is 17.2 Å². The summed E-state index contributed by atoms with van der Waals surface area (Å²) in [6.45, 7) is 7.16. The van der Waals surface area contributed by atoms with E-state index in [4.69, 9.17) is 25.8 Å². The molecular weight excluding hydrogens is 726 g/mol. The largest absolute Gasteiger partial charge is 0.493 e. The SMILES string of the molecule is C[C@@H](COc1ccnc2c1[C@H](C)CCC2)C[C@H]1Cc2cc3c(cc2C12CCC(Nc1cccc(Cl)c1)(C(=O)O)CC2)O[C@H](CN1CCS(=O)(=O)CC1)CO3. The predicted molar refractivity (Wildman–Crippen MR) is 209 cm³/mol. The number of anilines is 1. The summed E-state index contributed by atoms with van der Waals surface area (Å²) in [5, 5.41) is 14.7. The van der Waals surface area contributed by atoms with E-state index in [1.807, 2.05) is 24.4 Å². The maximum absolute atomic E-state index is 13.1. The number of hydrogen-bond donors (Lipinski definition) is 2. The fraction of sp³-hybridized carbons (Fsp3) is 0.571. The van der Waals surface area contributed by atoms with Gasteiger partial charge in [0.05, 0.1) is 18.1 Å². The van der Waals surface area contributed by atoms with E-state index in [0.717, 1.165) is 49.4 Å². The Bertz CT molecular complexity index is 1990. The lowest BCUT2D eigenvalue weighted by Gasteiger charge is -2.47. The molecule has 1 saturated heterocycles. The number of nitrogens with zero attached hydrogens (tertiary/aromatic N) is 2. The third kappa shape index (κ3) is 7.40. The summed E-state index contributed by atoms with van der Waals surface area (Å²) in [6.07, 6.45) is 9.14. The van der Waals surface area contributed by atoms with Gasteiger partial charge in [0.25, 0.3) is 0 Å². The maximum atomic E-state index is 13.1. The fourth-order valence-corrected chi connectivity index (χ4v) is 11.5. The van der Waals surface area contributed by atoms with Gasteiger partial charge in [-0.15, -0.1) is 0 Å². The van der Waals surface area contributed by atoms with Crippen molar-refractivity contribution in [1.29, 1.82) is 0 Å². The monoisotopic (exact) mass is 777 g/mol. The molecule has 0 bridgehead atoms. The Balaban J connectivity index is 1.04. The van der Waals surface area contributed by atoms with Crippen LogP contribution in [0.1, 0.15) is 87.1 Å². The van der Waals surface area contributed by atoms with Crippen molar-refractivity contribution >= 4 is 33.1 Å². The third-order valence-corrected chi connectivity index (χ3v) is 14.8. The number of aryl methyl sites for hydroxylation is 1. The molecule has 54 heavy (non-hydrogen) atoms. The number of hydrogen-bond acceptors (Lipinski definition) is 9. The molecule has 1 aromatic heterocycles. The summed E-state index contributed by atoms with van der Waals surface area (Å²) in [5.74, 6) is 2.90. The Morgan fingerprint density at radius 2 is 1.93 bits per heavy atom. The Kier molecular flexibility index (Phi) is 10.3. The van der Waals surface area contributed by atoms with E-state index in [1.165, 1.54) is 22.4 Å². The molecule has 1 saturated carbocycles. The van der Waals surface area contributed by atoms with E-state index in [1.54, 1.807) is 12.1 Å². The standard InChI is InChI=1S/C42H52ClN3O7S/c1-27(25-51-36-9-14-44-35-8-3-5-28(2)39(35)36)19-30-20-29-21-37-38(53-33(26-52-37)24-46-15-17-54(49,50)18-16-46)23-34(29)41(30)10-12-42(13-11-41,40(47)48)45-32-7-4-6-31(43)22-32/h4,6-7,9,14,21-23,27-28,30,33,45H,3,5,8,10-13,15-20,24-26H2,1-2H3,(H,47,48)/t27-,28-,30+,33-,41?,42?/m1/s1. The number of ether oxygens (including phenoxy) is 3. The van der Waals surface area contributed by atoms with E-state index in [9.17, 15) is 18.3 Å². The van der Waals surface area contributed by atoms with E-state index in [-0.39, 0.29) is 34.9 Å². The van der Waals surface area contributed by atoms with Gasteiger partial charge in [-0.3, -0.25) is 9.88 Å². The van der Waals surface area contributed by atoms with Crippen molar-refractivity contribution in [1.82, 2.24) is 9.88 Å². The second-order valence-corrected chi connectivity index (χ2v) is 19.4. The highest BCUT2D eigenvalue weighted by Gasteiger charge is 2.54. The first-order valence-electron chi connectivity index (χ1n) is 19.7. The lowest BCUT2D eigenvalue weighted by Crippen LogP contribution is -2.53. The smallest absolute Gasteiger partial charge is 0.329 e. The van der Waals surface area contributed by atoms with Crippen LogP contribution in [-0.2, 0) is 32.9 Å². The molecule has 10 nitrogen and oxygen atoms in total. The normalized spacial score (nSPS) is 29.2. The molecule has 12 heteroatoms. The van der Waals surface area contributed by atoms with Crippen molar-refractivity contribution in [2.75, 3.05) is 49.7 Å². The van der Waals surface area contributed by atoms with Crippen LogP contribution in [0.25, 0.3) is 0 Å². The Hall–Kier alpha value is -3.54. The van der Waals surface area contributed by atoms with Crippen molar-refractivity contribution in [2.45, 2.75) is 94.6 Å². The van der Waals surface area contributed by atoms with Gasteiger partial charge in [-0.1, -0.05) is 31.5 Å². The molecule has 0 unspecified atom stereocenters. The average Bonchev–Trinajstić information content (AvgIpc) is 3.42. The number of carbonyl (C=O) groups is 1. The highest BCUT2D eigenvalue weighted by atomic mass is 35.5. The molecule has 2 aliphatic heterocycles. The van der Waals surface area contributed by atoms with Crippen LogP contribution in [0.4, 0.5) is 5.69 Å². The van der Waals surface area contributed by atoms with Crippen LogP contribution in [0.15, 0.2) is 48.7 Å². The number of carboxylic acids is 1. The minimum absolute atomic E-state index is 0.173. The van der Waals surface area contributed by atoms with Gasteiger partial charge in [0, 0.05) is 47.8 Å². The molecule has 4 atom stereocenters. The molecule has 2 aromatic carbocycles. The Morgan fingerprint density at radius 1 is 1.13 bits per heavy atom. The summed E-state index contributed by atoms with van der Waals surface area (Å²) >= 11 is 6.30. The molecular formula is C42H52ClN3O7S. The first-order valence-corrected chi connectivity index (χ1v) is 21.9. The number of aromatic nitrogens is 1. The van der Waals surface area contributed by atoms with Gasteiger partial charge in [0.1, 0.15) is 24.0 Å². The summed E-state index contributed by atoms with van der Waals surface area (Å²) in [4.78, 5) is 19.9. The van der Waals surface area contributed by atoms with Crippen LogP contribution in [0, 0.1) is 11.8 Å². The predicted octanol–water partition coefficient (Wildman–Crippen LogP) is 7.07. The minimum atomic E-state index is -2.97. The van der Waals surface area contributed by atoms with Crippen LogP contribution >= 0.6 is 11.6 Å². The maximum Gasteiger partial charge on any atom is 0.329 e. The van der Waals surface area contributed by atoms with Gasteiger partial charge in [0.2, 0.25) is 0 Å². The number of rotatable bonds is 10. The first-order chi connectivity index (χ1) is 25.9. The highest BCUT2D eigenvalue weighted by Crippen LogP contribution is 2.58. The second kappa shape index (κ2) is 14.8. The van der Waals surface area contributed by atoms with Crippen molar-refractivity contribution in [2.24, 2.45) is 11.8 Å². The molecule has 3 aromatic rings. The molecule has 0 radical (unpaired) electrons. The third-order valence-electron chi connectivity index (χ3n) is 13.0. The zero-order chi connectivity index (χ0) is 37.7. The molecule has 8 rings (SSSR count). The molecule has 3 heterocycles. The molecule has 2 fully saturated rings. The van der Waals surface area contributed by atoms with Crippen LogP contribution in [-0.4, -0.2) is 85.4 Å². The van der Waals surface area contributed by atoms with Gasteiger partial charge in [0.15, 0.2) is 21.3 Å². The topological polar surface area (TPSA) is 127 Å². The van der Waals surface area contributed by atoms with Crippen LogP contribution in [0.3, 0.4) is 0 Å². The summed E-state index contributed by atoms with van der Waals surface area (Å²) in [6, 6.07) is 13.6. The lowest BCUT2D eigenvalue weighted by molar-refractivity contribution is -0.144. The number of benzene rings is 2. The van der Waals surface area contributed by atoms with Crippen molar-refractivity contribution in [3.8, 4) is 17.2 Å². The van der Waals surface area contributed by atoms with Gasteiger partial charge in [-0.05, 0) is 128 Å². The number of fused-ring (bicyclic) bond motifs is 4. The highest BCUT2D eigenvalue weighted by molar-refractivity contribution is 7.91. The first kappa shape index (κ1) is 37.4. The molecule has 3 aliphatic carbocycles. The number of aliphatic carboxylic acids is 1. The number of carboxylic acid groups (broad SMARTS) is 1. The Morgan fingerprint density at radius 3 is 2.69 bits per heavy atom. The van der Waals surface area contributed by atoms with Gasteiger partial charge < -0.3 is 24.6 Å². The van der Waals surface area contributed by atoms with Crippen molar-refractivity contribution < 1.29 is 32.5 Å². The van der Waals surface area contributed by atoms with E-state index < -0.39 is 21.3 Å². The molecule has 1 spiro atoms. The number of halogens is 1. The van der Waals surface area contributed by atoms with E-state index >= 15 is 0 Å². The van der Waals surface area contributed by atoms with Gasteiger partial charge in [-0.2, -0.15) is 0 Å². The summed E-state index contributed by atoms with van der Waals surface area (Å²) in [5.41, 5.74) is 4.27. The lowest BCUT2D eigenvalue weighted by atomic mass is 9.59. The van der Waals surface area contributed by atoms with Crippen molar-refractivity contribution in [3.05, 3.63) is 76.1 Å². The molecule has 5 aliphatic rings. The minimum Gasteiger partial charge on any atom is -0.493 e. The van der Waals surface area contributed by atoms with E-state index in [2.05, 4.69) is 41.2 Å². The summed E-state index contributed by atoms with van der Waals surface area (Å²) < 4.78 is 43.6. The summed E-state index contributed by atoms with van der Waals surface area (Å²) in [7, 11) is -2.97. The zero-order valence-corrected chi connectivity index (χ0v) is 32.9.